The molecule has 3 heteroatoms. The minimum absolute atomic E-state index is 0.438. The molecule has 0 spiro atoms. The van der Waals surface area contributed by atoms with E-state index < -0.39 is 0 Å². The molecule has 1 fully saturated rings. The van der Waals surface area contributed by atoms with Crippen LogP contribution in [0.5, 0.6) is 0 Å². The Morgan fingerprint density at radius 3 is 2.42 bits per heavy atom. The standard InChI is InChI=1S/C16H25IN2/c1-13(14-4-6-15(17)7-5-14)18-12-16(2)8-10-19(3)11-9-16/h4-7,13,18H,8-12H2,1-3H3. The first kappa shape index (κ1) is 15.3. The second kappa shape index (κ2) is 6.55. The number of benzene rings is 1. The molecule has 0 saturated carbocycles. The summed E-state index contributed by atoms with van der Waals surface area (Å²) < 4.78 is 1.30. The predicted octanol–water partition coefficient (Wildman–Crippen LogP) is 3.67. The first-order valence-corrected chi connectivity index (χ1v) is 8.24. The van der Waals surface area contributed by atoms with Crippen molar-refractivity contribution in [2.75, 3.05) is 26.7 Å². The van der Waals surface area contributed by atoms with Gasteiger partial charge in [-0.1, -0.05) is 19.1 Å². The summed E-state index contributed by atoms with van der Waals surface area (Å²) in [6.07, 6.45) is 2.60. The Kier molecular flexibility index (Phi) is 5.26. The van der Waals surface area contributed by atoms with Crippen molar-refractivity contribution in [2.45, 2.75) is 32.7 Å². The van der Waals surface area contributed by atoms with Gasteiger partial charge in [0.2, 0.25) is 0 Å². The van der Waals surface area contributed by atoms with Crippen LogP contribution >= 0.6 is 22.6 Å². The molecule has 1 aliphatic heterocycles. The van der Waals surface area contributed by atoms with Gasteiger partial charge < -0.3 is 10.2 Å². The summed E-state index contributed by atoms with van der Waals surface area (Å²) in [5, 5.41) is 3.72. The molecule has 1 unspecified atom stereocenters. The Morgan fingerprint density at radius 1 is 1.26 bits per heavy atom. The average molecular weight is 372 g/mol. The topological polar surface area (TPSA) is 15.3 Å². The van der Waals surface area contributed by atoms with Gasteiger partial charge >= 0.3 is 0 Å². The van der Waals surface area contributed by atoms with Crippen LogP contribution < -0.4 is 5.32 Å². The number of nitrogens with one attached hydrogen (secondary N) is 1. The van der Waals surface area contributed by atoms with Crippen molar-refractivity contribution < 1.29 is 0 Å². The smallest absolute Gasteiger partial charge is 0.0292 e. The Balaban J connectivity index is 1.86. The normalized spacial score (nSPS) is 21.3. The number of halogens is 1. The van der Waals surface area contributed by atoms with Crippen molar-refractivity contribution in [3.05, 3.63) is 33.4 Å². The van der Waals surface area contributed by atoms with E-state index in [4.69, 9.17) is 0 Å². The maximum Gasteiger partial charge on any atom is 0.0292 e. The highest BCUT2D eigenvalue weighted by Crippen LogP contribution is 2.30. The summed E-state index contributed by atoms with van der Waals surface area (Å²) in [7, 11) is 2.22. The van der Waals surface area contributed by atoms with E-state index in [2.05, 4.69) is 78.0 Å². The number of nitrogens with zero attached hydrogens (tertiary/aromatic N) is 1. The lowest BCUT2D eigenvalue weighted by Crippen LogP contribution is -2.42. The van der Waals surface area contributed by atoms with Crippen molar-refractivity contribution >= 4 is 22.6 Å². The van der Waals surface area contributed by atoms with Gasteiger partial charge in [-0.15, -0.1) is 0 Å². The van der Waals surface area contributed by atoms with Crippen LogP contribution in [0.2, 0.25) is 0 Å². The molecule has 106 valence electrons. The van der Waals surface area contributed by atoms with E-state index in [1.54, 1.807) is 0 Å². The molecule has 0 amide bonds. The van der Waals surface area contributed by atoms with Gasteiger partial charge in [-0.25, -0.2) is 0 Å². The zero-order chi connectivity index (χ0) is 13.9. The zero-order valence-electron chi connectivity index (χ0n) is 12.2. The molecular formula is C16H25IN2. The number of hydrogen-bond donors (Lipinski definition) is 1. The largest absolute Gasteiger partial charge is 0.310 e. The molecule has 1 aromatic carbocycles. The summed E-state index contributed by atoms with van der Waals surface area (Å²) in [5.41, 5.74) is 1.85. The maximum atomic E-state index is 3.72. The van der Waals surface area contributed by atoms with Crippen LogP contribution in [0.4, 0.5) is 0 Å². The van der Waals surface area contributed by atoms with Gasteiger partial charge in [0.25, 0.3) is 0 Å². The fourth-order valence-electron chi connectivity index (χ4n) is 2.60. The molecule has 0 aliphatic carbocycles. The highest BCUT2D eigenvalue weighted by Gasteiger charge is 2.28. The van der Waals surface area contributed by atoms with Gasteiger partial charge in [-0.2, -0.15) is 0 Å². The SMILES string of the molecule is CC(NCC1(C)CCN(C)CC1)c1ccc(I)cc1. The summed E-state index contributed by atoms with van der Waals surface area (Å²) in [5.74, 6) is 0. The molecular weight excluding hydrogens is 347 g/mol. The van der Waals surface area contributed by atoms with E-state index in [9.17, 15) is 0 Å². The second-order valence-corrected chi connectivity index (χ2v) is 7.51. The Bertz CT molecular complexity index is 394. The molecule has 2 nitrogen and oxygen atoms in total. The number of likely N-dealkylation sites (tertiary alicyclic amines) is 1. The van der Waals surface area contributed by atoms with E-state index in [1.165, 1.54) is 35.1 Å². The van der Waals surface area contributed by atoms with E-state index in [0.717, 1.165) is 6.54 Å². The Hall–Kier alpha value is -0.130. The minimum Gasteiger partial charge on any atom is -0.310 e. The van der Waals surface area contributed by atoms with Crippen molar-refractivity contribution in [2.24, 2.45) is 5.41 Å². The molecule has 19 heavy (non-hydrogen) atoms. The average Bonchev–Trinajstić information content (AvgIpc) is 2.41. The minimum atomic E-state index is 0.438. The number of rotatable bonds is 4. The molecule has 0 radical (unpaired) electrons. The molecule has 1 aliphatic rings. The van der Waals surface area contributed by atoms with E-state index >= 15 is 0 Å². The predicted molar refractivity (Wildman–Crippen MR) is 90.4 cm³/mol. The van der Waals surface area contributed by atoms with E-state index in [0.29, 0.717) is 11.5 Å². The number of hydrogen-bond acceptors (Lipinski definition) is 2. The van der Waals surface area contributed by atoms with Gasteiger partial charge in [0.15, 0.2) is 0 Å². The zero-order valence-corrected chi connectivity index (χ0v) is 14.4. The Morgan fingerprint density at radius 2 is 1.84 bits per heavy atom. The van der Waals surface area contributed by atoms with Crippen molar-refractivity contribution in [1.82, 2.24) is 10.2 Å². The lowest BCUT2D eigenvalue weighted by atomic mass is 9.80. The van der Waals surface area contributed by atoms with E-state index in [-0.39, 0.29) is 0 Å². The molecule has 0 aromatic heterocycles. The third-order valence-corrected chi connectivity index (χ3v) is 5.12. The molecule has 1 saturated heterocycles. The summed E-state index contributed by atoms with van der Waals surface area (Å²) >= 11 is 2.36. The summed E-state index contributed by atoms with van der Waals surface area (Å²) in [6.45, 7) is 8.27. The van der Waals surface area contributed by atoms with Gasteiger partial charge in [0.1, 0.15) is 0 Å². The van der Waals surface area contributed by atoms with Gasteiger partial charge in [-0.3, -0.25) is 0 Å². The van der Waals surface area contributed by atoms with Gasteiger partial charge in [0.05, 0.1) is 0 Å². The molecule has 1 atom stereocenters. The van der Waals surface area contributed by atoms with Crippen LogP contribution in [0.3, 0.4) is 0 Å². The maximum absolute atomic E-state index is 3.72. The molecule has 1 heterocycles. The first-order chi connectivity index (χ1) is 8.98. The lowest BCUT2D eigenvalue weighted by Gasteiger charge is -2.38. The highest BCUT2D eigenvalue weighted by atomic mass is 127. The van der Waals surface area contributed by atoms with Crippen molar-refractivity contribution in [3.8, 4) is 0 Å². The quantitative estimate of drug-likeness (QED) is 0.812. The van der Waals surface area contributed by atoms with Gasteiger partial charge in [-0.05, 0) is 85.6 Å². The highest BCUT2D eigenvalue weighted by molar-refractivity contribution is 14.1. The van der Waals surface area contributed by atoms with Crippen LogP contribution in [-0.4, -0.2) is 31.6 Å². The monoisotopic (exact) mass is 372 g/mol. The second-order valence-electron chi connectivity index (χ2n) is 6.27. The Labute approximate surface area is 131 Å². The third kappa shape index (κ3) is 4.43. The van der Waals surface area contributed by atoms with Crippen molar-refractivity contribution in [3.63, 3.8) is 0 Å². The van der Waals surface area contributed by atoms with Crippen LogP contribution in [0.1, 0.15) is 38.3 Å². The molecule has 0 bridgehead atoms. The van der Waals surface area contributed by atoms with E-state index in [1.807, 2.05) is 0 Å². The van der Waals surface area contributed by atoms with Crippen LogP contribution in [-0.2, 0) is 0 Å². The van der Waals surface area contributed by atoms with Crippen LogP contribution in [0.15, 0.2) is 24.3 Å². The van der Waals surface area contributed by atoms with Crippen LogP contribution in [0, 0.1) is 8.99 Å². The third-order valence-electron chi connectivity index (χ3n) is 4.40. The fourth-order valence-corrected chi connectivity index (χ4v) is 2.96. The fraction of sp³-hybridized carbons (Fsp3) is 0.625. The van der Waals surface area contributed by atoms with Crippen molar-refractivity contribution in [1.29, 1.82) is 0 Å². The number of piperidine rings is 1. The lowest BCUT2D eigenvalue weighted by molar-refractivity contribution is 0.134. The summed E-state index contributed by atoms with van der Waals surface area (Å²) in [4.78, 5) is 2.43. The summed E-state index contributed by atoms with van der Waals surface area (Å²) in [6, 6.07) is 9.28. The molecule has 1 N–H and O–H groups in total. The molecule has 1 aromatic rings. The first-order valence-electron chi connectivity index (χ1n) is 7.16. The van der Waals surface area contributed by atoms with Gasteiger partial charge in [0, 0.05) is 16.2 Å². The van der Waals surface area contributed by atoms with Crippen LogP contribution in [0.25, 0.3) is 0 Å². The molecule has 2 rings (SSSR count).